The van der Waals surface area contributed by atoms with E-state index in [1.165, 1.54) is 0 Å². The molecule has 17 heavy (non-hydrogen) atoms. The molecule has 2 rings (SSSR count). The first-order valence-electron chi connectivity index (χ1n) is 5.14. The van der Waals surface area contributed by atoms with Crippen LogP contribution in [0.2, 0.25) is 0 Å². The van der Waals surface area contributed by atoms with Crippen molar-refractivity contribution in [3.05, 3.63) is 35.1 Å². The molecule has 0 heterocycles. The maximum atomic E-state index is 12.8. The maximum Gasteiger partial charge on any atom is 0.275 e. The molecular formula is C11H10F3NO2. The topological polar surface area (TPSA) is 38.3 Å². The molecule has 92 valence electrons. The number of hydrogen-bond donors (Lipinski definition) is 1. The molecule has 1 aliphatic rings. The highest BCUT2D eigenvalue weighted by Crippen LogP contribution is 2.28. The van der Waals surface area contributed by atoms with Crippen LogP contribution in [0.3, 0.4) is 0 Å². The Balaban J connectivity index is 1.97. The monoisotopic (exact) mass is 245 g/mol. The minimum absolute atomic E-state index is 0.322. The molecule has 1 amide bonds. The Labute approximate surface area is 95.5 Å². The van der Waals surface area contributed by atoms with Gasteiger partial charge in [0.2, 0.25) is 0 Å². The zero-order valence-electron chi connectivity index (χ0n) is 8.80. The van der Waals surface area contributed by atoms with Gasteiger partial charge in [0.05, 0.1) is 6.61 Å². The van der Waals surface area contributed by atoms with E-state index in [1.54, 1.807) is 0 Å². The van der Waals surface area contributed by atoms with Crippen molar-refractivity contribution < 1.29 is 22.8 Å². The summed E-state index contributed by atoms with van der Waals surface area (Å²) in [4.78, 5) is 16.2. The molecule has 3 nitrogen and oxygen atoms in total. The number of nitrogens with one attached hydrogen (secondary N) is 1. The standard InChI is InChI=1S/C11H10F3NO2/c12-8-3-7(4-9(13)10(8)14)11(16)15-17-5-6-1-2-6/h3-4,6H,1-2,5H2,(H,15,16). The summed E-state index contributed by atoms with van der Waals surface area (Å²) in [5.74, 6) is -4.77. The molecule has 0 unspecified atom stereocenters. The van der Waals surface area contributed by atoms with E-state index in [-0.39, 0.29) is 5.56 Å². The third-order valence-electron chi connectivity index (χ3n) is 2.43. The molecule has 0 aliphatic heterocycles. The highest BCUT2D eigenvalue weighted by atomic mass is 19.2. The predicted molar refractivity (Wildman–Crippen MR) is 52.5 cm³/mol. The summed E-state index contributed by atoms with van der Waals surface area (Å²) in [6.45, 7) is 0.373. The van der Waals surface area contributed by atoms with Crippen LogP contribution in [0, 0.1) is 23.4 Å². The molecule has 1 fully saturated rings. The average Bonchev–Trinajstić information content (AvgIpc) is 3.09. The van der Waals surface area contributed by atoms with Crippen molar-refractivity contribution in [2.45, 2.75) is 12.8 Å². The highest BCUT2D eigenvalue weighted by Gasteiger charge is 2.22. The molecule has 1 aromatic rings. The van der Waals surface area contributed by atoms with Crippen LogP contribution in [0.15, 0.2) is 12.1 Å². The van der Waals surface area contributed by atoms with E-state index in [1.807, 2.05) is 5.48 Å². The second-order valence-corrected chi connectivity index (χ2v) is 3.94. The van der Waals surface area contributed by atoms with Gasteiger partial charge in [-0.1, -0.05) is 0 Å². The molecule has 0 atom stereocenters. The number of rotatable bonds is 4. The number of carbonyl (C=O) groups is 1. The number of amides is 1. The lowest BCUT2D eigenvalue weighted by atomic mass is 10.2. The molecule has 1 aromatic carbocycles. The van der Waals surface area contributed by atoms with Gasteiger partial charge in [-0.2, -0.15) is 0 Å². The van der Waals surface area contributed by atoms with E-state index in [4.69, 9.17) is 4.84 Å². The van der Waals surface area contributed by atoms with Gasteiger partial charge in [-0.05, 0) is 30.9 Å². The molecule has 1 saturated carbocycles. The molecule has 0 saturated heterocycles. The van der Waals surface area contributed by atoms with E-state index in [0.29, 0.717) is 24.7 Å². The smallest absolute Gasteiger partial charge is 0.273 e. The minimum atomic E-state index is -1.60. The lowest BCUT2D eigenvalue weighted by Gasteiger charge is -2.05. The lowest BCUT2D eigenvalue weighted by Crippen LogP contribution is -2.25. The molecule has 0 radical (unpaired) electrons. The Morgan fingerprint density at radius 3 is 2.41 bits per heavy atom. The predicted octanol–water partition coefficient (Wildman–Crippen LogP) is 2.18. The van der Waals surface area contributed by atoms with Crippen LogP contribution in [0.25, 0.3) is 0 Å². The molecule has 0 aromatic heterocycles. The van der Waals surface area contributed by atoms with Crippen LogP contribution in [0.4, 0.5) is 13.2 Å². The Morgan fingerprint density at radius 2 is 1.88 bits per heavy atom. The fourth-order valence-electron chi connectivity index (χ4n) is 1.26. The zero-order chi connectivity index (χ0) is 12.4. The summed E-state index contributed by atoms with van der Waals surface area (Å²) in [5, 5.41) is 0. The van der Waals surface area contributed by atoms with Crippen LogP contribution in [-0.4, -0.2) is 12.5 Å². The normalized spacial score (nSPS) is 14.8. The summed E-state index contributed by atoms with van der Waals surface area (Å²) in [6.07, 6.45) is 2.10. The summed E-state index contributed by atoms with van der Waals surface area (Å²) >= 11 is 0. The van der Waals surface area contributed by atoms with Crippen molar-refractivity contribution in [2.75, 3.05) is 6.61 Å². The van der Waals surface area contributed by atoms with Crippen LogP contribution < -0.4 is 5.48 Å². The van der Waals surface area contributed by atoms with Gasteiger partial charge in [-0.25, -0.2) is 18.7 Å². The van der Waals surface area contributed by atoms with Crippen LogP contribution >= 0.6 is 0 Å². The largest absolute Gasteiger partial charge is 0.275 e. The molecule has 6 heteroatoms. The average molecular weight is 245 g/mol. The van der Waals surface area contributed by atoms with E-state index in [0.717, 1.165) is 12.8 Å². The van der Waals surface area contributed by atoms with Gasteiger partial charge in [0.1, 0.15) is 0 Å². The van der Waals surface area contributed by atoms with Gasteiger partial charge in [0, 0.05) is 5.56 Å². The van der Waals surface area contributed by atoms with Crippen LogP contribution in [-0.2, 0) is 4.84 Å². The van der Waals surface area contributed by atoms with Crippen LogP contribution in [0.1, 0.15) is 23.2 Å². The van der Waals surface area contributed by atoms with E-state index in [9.17, 15) is 18.0 Å². The quantitative estimate of drug-likeness (QED) is 0.652. The van der Waals surface area contributed by atoms with Gasteiger partial charge < -0.3 is 0 Å². The van der Waals surface area contributed by atoms with Gasteiger partial charge in [-0.15, -0.1) is 0 Å². The second kappa shape index (κ2) is 4.75. The molecular weight excluding hydrogens is 235 g/mol. The Bertz CT molecular complexity index is 423. The number of benzene rings is 1. The summed E-state index contributed by atoms with van der Waals surface area (Å²) in [6, 6.07) is 1.24. The molecule has 0 spiro atoms. The molecule has 0 bridgehead atoms. The first-order valence-corrected chi connectivity index (χ1v) is 5.14. The Kier molecular flexibility index (Phi) is 3.33. The van der Waals surface area contributed by atoms with Crippen molar-refractivity contribution in [3.63, 3.8) is 0 Å². The fourth-order valence-corrected chi connectivity index (χ4v) is 1.26. The first kappa shape index (κ1) is 11.9. The van der Waals surface area contributed by atoms with E-state index < -0.39 is 23.4 Å². The van der Waals surface area contributed by atoms with Crippen molar-refractivity contribution >= 4 is 5.91 Å². The maximum absolute atomic E-state index is 12.8. The van der Waals surface area contributed by atoms with Gasteiger partial charge >= 0.3 is 0 Å². The minimum Gasteiger partial charge on any atom is -0.273 e. The summed E-state index contributed by atoms with van der Waals surface area (Å²) in [5.41, 5.74) is 1.73. The van der Waals surface area contributed by atoms with E-state index >= 15 is 0 Å². The van der Waals surface area contributed by atoms with Crippen molar-refractivity contribution in [1.29, 1.82) is 0 Å². The zero-order valence-corrected chi connectivity index (χ0v) is 8.80. The van der Waals surface area contributed by atoms with Crippen molar-refractivity contribution in [2.24, 2.45) is 5.92 Å². The van der Waals surface area contributed by atoms with Gasteiger partial charge in [0.25, 0.3) is 5.91 Å². The first-order chi connectivity index (χ1) is 8.08. The number of hydrogen-bond acceptors (Lipinski definition) is 2. The Morgan fingerprint density at radius 1 is 1.29 bits per heavy atom. The number of halogens is 3. The summed E-state index contributed by atoms with van der Waals surface area (Å²) in [7, 11) is 0. The fraction of sp³-hybridized carbons (Fsp3) is 0.364. The SMILES string of the molecule is O=C(NOCC1CC1)c1cc(F)c(F)c(F)c1. The van der Waals surface area contributed by atoms with Gasteiger partial charge in [-0.3, -0.25) is 9.63 Å². The van der Waals surface area contributed by atoms with Crippen LogP contribution in [0.5, 0.6) is 0 Å². The third-order valence-corrected chi connectivity index (χ3v) is 2.43. The highest BCUT2D eigenvalue weighted by molar-refractivity contribution is 5.93. The van der Waals surface area contributed by atoms with E-state index in [2.05, 4.69) is 0 Å². The van der Waals surface area contributed by atoms with Crippen molar-refractivity contribution in [1.82, 2.24) is 5.48 Å². The summed E-state index contributed by atoms with van der Waals surface area (Å²) < 4.78 is 38.3. The number of carbonyl (C=O) groups excluding carboxylic acids is 1. The third kappa shape index (κ3) is 2.97. The molecule has 1 aliphatic carbocycles. The Hall–Kier alpha value is -1.56. The lowest BCUT2D eigenvalue weighted by molar-refractivity contribution is 0.0269. The van der Waals surface area contributed by atoms with Gasteiger partial charge in [0.15, 0.2) is 17.5 Å². The number of hydroxylamine groups is 1. The van der Waals surface area contributed by atoms with Crippen molar-refractivity contribution in [3.8, 4) is 0 Å². The second-order valence-electron chi connectivity index (χ2n) is 3.94. The molecule has 1 N–H and O–H groups in total.